The molecule has 0 bridgehead atoms. The molecule has 5 aromatic rings. The number of rotatable bonds is 6. The van der Waals surface area contributed by atoms with E-state index in [2.05, 4.69) is 25.0 Å². The van der Waals surface area contributed by atoms with Crippen LogP contribution in [-0.2, 0) is 6.54 Å². The number of alkyl halides is 3. The van der Waals surface area contributed by atoms with E-state index in [0.717, 1.165) is 16.3 Å². The molecule has 0 spiro atoms. The third-order valence-corrected chi connectivity index (χ3v) is 6.43. The van der Waals surface area contributed by atoms with Gasteiger partial charge in [0.05, 0.1) is 36.4 Å². The summed E-state index contributed by atoms with van der Waals surface area (Å²) in [5.74, 6) is -0.542. The quantitative estimate of drug-likeness (QED) is 0.308. The van der Waals surface area contributed by atoms with Crippen LogP contribution in [0.1, 0.15) is 29.5 Å². The van der Waals surface area contributed by atoms with Gasteiger partial charge in [-0.1, -0.05) is 0 Å². The number of hydrogen-bond acceptors (Lipinski definition) is 7. The molecule has 37 heavy (non-hydrogen) atoms. The van der Waals surface area contributed by atoms with Crippen LogP contribution in [0.15, 0.2) is 43.1 Å². The number of pyridine rings is 1. The van der Waals surface area contributed by atoms with Gasteiger partial charge in [0.15, 0.2) is 5.65 Å². The molecule has 190 valence electrons. The van der Waals surface area contributed by atoms with Crippen molar-refractivity contribution in [2.45, 2.75) is 31.0 Å². The molecule has 5 heterocycles. The fourth-order valence-electron chi connectivity index (χ4n) is 4.68. The highest BCUT2D eigenvalue weighted by Gasteiger charge is 2.43. The van der Waals surface area contributed by atoms with Gasteiger partial charge < -0.3 is 14.0 Å². The van der Waals surface area contributed by atoms with Crippen LogP contribution in [-0.4, -0.2) is 54.5 Å². The smallest absolute Gasteiger partial charge is 0.406 e. The van der Waals surface area contributed by atoms with Crippen LogP contribution in [0.4, 0.5) is 17.6 Å². The van der Waals surface area contributed by atoms with E-state index >= 15 is 0 Å². The van der Waals surface area contributed by atoms with Crippen molar-refractivity contribution in [3.8, 4) is 23.1 Å². The number of hydrogen-bond donors (Lipinski definition) is 0. The van der Waals surface area contributed by atoms with Crippen LogP contribution < -0.4 is 9.47 Å². The first-order valence-corrected chi connectivity index (χ1v) is 11.3. The molecule has 13 heteroatoms. The first kappa shape index (κ1) is 23.1. The van der Waals surface area contributed by atoms with E-state index in [4.69, 9.17) is 9.47 Å². The molecule has 0 saturated heterocycles. The van der Waals surface area contributed by atoms with Crippen LogP contribution in [0.5, 0.6) is 11.9 Å². The van der Waals surface area contributed by atoms with Gasteiger partial charge in [0.1, 0.15) is 12.4 Å². The Bertz CT molecular complexity index is 1650. The number of halogens is 4. The largest absolute Gasteiger partial charge is 0.480 e. The zero-order valence-corrected chi connectivity index (χ0v) is 19.6. The lowest BCUT2D eigenvalue weighted by molar-refractivity contribution is -0.139. The summed E-state index contributed by atoms with van der Waals surface area (Å²) < 4.78 is 66.3. The van der Waals surface area contributed by atoms with Gasteiger partial charge in [0.25, 0.3) is 0 Å². The van der Waals surface area contributed by atoms with Crippen LogP contribution in [0.25, 0.3) is 27.8 Å². The SMILES string of the molecule is COc1ncc(-c2cc(C3CC3c3cc4c(cn3)c(F)cn4CC(F)(F)F)c3nccn3n2)c(OC)n1. The van der Waals surface area contributed by atoms with Gasteiger partial charge in [0.2, 0.25) is 5.88 Å². The lowest BCUT2D eigenvalue weighted by Crippen LogP contribution is -2.16. The third-order valence-electron chi connectivity index (χ3n) is 6.43. The monoisotopic (exact) mass is 513 g/mol. The Morgan fingerprint density at radius 1 is 1.05 bits per heavy atom. The van der Waals surface area contributed by atoms with Gasteiger partial charge in [-0.25, -0.2) is 18.9 Å². The normalized spacial score (nSPS) is 17.5. The molecule has 1 saturated carbocycles. The first-order chi connectivity index (χ1) is 17.8. The van der Waals surface area contributed by atoms with E-state index in [0.29, 0.717) is 29.0 Å². The highest BCUT2D eigenvalue weighted by Crippen LogP contribution is 2.55. The van der Waals surface area contributed by atoms with Crippen LogP contribution in [0, 0.1) is 5.82 Å². The Balaban J connectivity index is 1.38. The predicted molar refractivity (Wildman–Crippen MR) is 123 cm³/mol. The number of methoxy groups -OCH3 is 2. The van der Waals surface area contributed by atoms with Crippen molar-refractivity contribution in [1.82, 2.24) is 34.1 Å². The number of fused-ring (bicyclic) bond motifs is 2. The highest BCUT2D eigenvalue weighted by molar-refractivity contribution is 5.80. The molecule has 0 amide bonds. The molecule has 6 rings (SSSR count). The molecule has 2 unspecified atom stereocenters. The number of ether oxygens (including phenoxy) is 2. The summed E-state index contributed by atoms with van der Waals surface area (Å²) in [5, 5.41) is 4.67. The average molecular weight is 513 g/mol. The maximum Gasteiger partial charge on any atom is 0.406 e. The van der Waals surface area contributed by atoms with Crippen molar-refractivity contribution >= 4 is 16.6 Å². The molecular formula is C24H19F4N7O2. The minimum Gasteiger partial charge on any atom is -0.480 e. The minimum absolute atomic E-state index is 0.0161. The topological polar surface area (TPSA) is 92.3 Å². The van der Waals surface area contributed by atoms with Crippen molar-refractivity contribution in [3.63, 3.8) is 0 Å². The van der Waals surface area contributed by atoms with Crippen molar-refractivity contribution < 1.29 is 27.0 Å². The molecule has 0 aromatic carbocycles. The third kappa shape index (κ3) is 4.09. The summed E-state index contributed by atoms with van der Waals surface area (Å²) in [4.78, 5) is 17.2. The standard InChI is InChI=1S/C24H19F4N7O2/c1-36-22-16(9-31-23(32-22)37-2)19-6-14(21-29-3-4-35(21)33-19)12-5-13(12)18-7-20-15(8-30-18)17(25)10-34(20)11-24(26,27)28/h3-4,6-10,12-13H,5,11H2,1-2H3. The lowest BCUT2D eigenvalue weighted by atomic mass is 10.1. The Labute approximate surface area is 206 Å². The van der Waals surface area contributed by atoms with E-state index in [1.165, 1.54) is 20.4 Å². The second-order valence-corrected chi connectivity index (χ2v) is 8.76. The summed E-state index contributed by atoms with van der Waals surface area (Å²) in [6.07, 6.45) is 3.29. The second kappa shape index (κ2) is 8.39. The minimum atomic E-state index is -4.48. The van der Waals surface area contributed by atoms with E-state index in [-0.39, 0.29) is 34.6 Å². The summed E-state index contributed by atoms with van der Waals surface area (Å²) in [6, 6.07) is 3.57. The molecule has 5 aromatic heterocycles. The number of imidazole rings is 1. The zero-order valence-electron chi connectivity index (χ0n) is 19.6. The van der Waals surface area contributed by atoms with Crippen LogP contribution in [0.2, 0.25) is 0 Å². The number of nitrogens with zero attached hydrogens (tertiary/aromatic N) is 7. The summed E-state index contributed by atoms with van der Waals surface area (Å²) in [6.45, 7) is -1.28. The average Bonchev–Trinajstić information content (AvgIpc) is 3.43. The Hall–Kier alpha value is -4.29. The van der Waals surface area contributed by atoms with Crippen LogP contribution in [0.3, 0.4) is 0 Å². The van der Waals surface area contributed by atoms with E-state index in [1.807, 2.05) is 6.07 Å². The maximum atomic E-state index is 14.3. The Morgan fingerprint density at radius 2 is 1.89 bits per heavy atom. The van der Waals surface area contributed by atoms with E-state index in [1.54, 1.807) is 29.2 Å². The molecule has 2 atom stereocenters. The summed E-state index contributed by atoms with van der Waals surface area (Å²) in [7, 11) is 2.94. The fourth-order valence-corrected chi connectivity index (χ4v) is 4.68. The van der Waals surface area contributed by atoms with E-state index in [9.17, 15) is 17.6 Å². The first-order valence-electron chi connectivity index (χ1n) is 11.3. The van der Waals surface area contributed by atoms with Gasteiger partial charge in [-0.3, -0.25) is 4.98 Å². The van der Waals surface area contributed by atoms with Gasteiger partial charge in [-0.2, -0.15) is 23.3 Å². The van der Waals surface area contributed by atoms with E-state index < -0.39 is 18.5 Å². The van der Waals surface area contributed by atoms with Crippen molar-refractivity contribution in [3.05, 3.63) is 60.2 Å². The molecule has 0 radical (unpaired) electrons. The predicted octanol–water partition coefficient (Wildman–Crippen LogP) is 4.53. The van der Waals surface area contributed by atoms with Gasteiger partial charge in [-0.05, 0) is 24.5 Å². The highest BCUT2D eigenvalue weighted by atomic mass is 19.4. The molecule has 9 nitrogen and oxygen atoms in total. The molecule has 0 aliphatic heterocycles. The van der Waals surface area contributed by atoms with Crippen LogP contribution >= 0.6 is 0 Å². The van der Waals surface area contributed by atoms with Gasteiger partial charge >= 0.3 is 12.2 Å². The van der Waals surface area contributed by atoms with Crippen molar-refractivity contribution in [1.29, 1.82) is 0 Å². The molecule has 1 aliphatic rings. The summed E-state index contributed by atoms with van der Waals surface area (Å²) in [5.41, 5.74) is 3.39. The fraction of sp³-hybridized carbons (Fsp3) is 0.292. The maximum absolute atomic E-state index is 14.3. The summed E-state index contributed by atoms with van der Waals surface area (Å²) >= 11 is 0. The van der Waals surface area contributed by atoms with Gasteiger partial charge in [-0.15, -0.1) is 0 Å². The second-order valence-electron chi connectivity index (χ2n) is 8.76. The zero-order chi connectivity index (χ0) is 25.9. The number of aromatic nitrogens is 7. The molecular weight excluding hydrogens is 494 g/mol. The lowest BCUT2D eigenvalue weighted by Gasteiger charge is -2.11. The van der Waals surface area contributed by atoms with Crippen molar-refractivity contribution in [2.75, 3.05) is 14.2 Å². The Morgan fingerprint density at radius 3 is 2.65 bits per heavy atom. The molecule has 1 aliphatic carbocycles. The molecule has 0 N–H and O–H groups in total. The molecule has 1 fully saturated rings. The van der Waals surface area contributed by atoms with Crippen molar-refractivity contribution in [2.24, 2.45) is 0 Å². The van der Waals surface area contributed by atoms with Gasteiger partial charge in [0, 0.05) is 48.2 Å². The Kier molecular flexibility index (Phi) is 5.24.